The Morgan fingerprint density at radius 2 is 1.05 bits per heavy atom. The van der Waals surface area contributed by atoms with Crippen LogP contribution in [0.3, 0.4) is 0 Å². The SMILES string of the molecule is COc1ccccc1CC(=O)Cc1ccc([C@H]2CC[C@H](c3ccc(CC(=O)Cc4ccccc4OC)nn3)C2)nn1. The molecule has 2 aromatic heterocycles. The van der Waals surface area contributed by atoms with Gasteiger partial charge in [0.05, 0.1) is 49.8 Å². The Hall–Kier alpha value is -4.46. The Balaban J connectivity index is 1.12. The monoisotopic (exact) mass is 550 g/mol. The Kier molecular flexibility index (Phi) is 9.08. The molecule has 0 aliphatic heterocycles. The number of methoxy groups -OCH3 is 2. The number of benzene rings is 2. The van der Waals surface area contributed by atoms with Crippen molar-refractivity contribution in [1.29, 1.82) is 0 Å². The zero-order valence-corrected chi connectivity index (χ0v) is 23.5. The molecule has 1 fully saturated rings. The van der Waals surface area contributed by atoms with Gasteiger partial charge in [-0.1, -0.05) is 36.4 Å². The summed E-state index contributed by atoms with van der Waals surface area (Å²) in [6.45, 7) is 0. The van der Waals surface area contributed by atoms with E-state index in [4.69, 9.17) is 9.47 Å². The van der Waals surface area contributed by atoms with Gasteiger partial charge >= 0.3 is 0 Å². The molecule has 0 N–H and O–H groups in total. The first-order valence-electron chi connectivity index (χ1n) is 13.9. The molecule has 0 radical (unpaired) electrons. The van der Waals surface area contributed by atoms with Crippen LogP contribution in [-0.4, -0.2) is 46.2 Å². The van der Waals surface area contributed by atoms with Crippen molar-refractivity contribution in [3.05, 3.63) is 107 Å². The molecule has 0 spiro atoms. The summed E-state index contributed by atoms with van der Waals surface area (Å²) in [5, 5.41) is 17.6. The van der Waals surface area contributed by atoms with Crippen LogP contribution >= 0.6 is 0 Å². The van der Waals surface area contributed by atoms with Gasteiger partial charge in [0, 0.05) is 35.8 Å². The third-order valence-corrected chi connectivity index (χ3v) is 7.67. The van der Waals surface area contributed by atoms with E-state index in [1.165, 1.54) is 0 Å². The van der Waals surface area contributed by atoms with Gasteiger partial charge < -0.3 is 9.47 Å². The van der Waals surface area contributed by atoms with E-state index in [1.54, 1.807) is 14.2 Å². The van der Waals surface area contributed by atoms with Crippen molar-refractivity contribution < 1.29 is 19.1 Å². The molecule has 0 unspecified atom stereocenters. The second-order valence-electron chi connectivity index (χ2n) is 10.5. The molecule has 0 bridgehead atoms. The van der Waals surface area contributed by atoms with Crippen molar-refractivity contribution in [2.24, 2.45) is 0 Å². The summed E-state index contributed by atoms with van der Waals surface area (Å²) in [4.78, 5) is 25.2. The lowest BCUT2D eigenvalue weighted by Crippen LogP contribution is -2.11. The Morgan fingerprint density at radius 3 is 1.44 bits per heavy atom. The maximum Gasteiger partial charge on any atom is 0.143 e. The molecule has 210 valence electrons. The predicted octanol–water partition coefficient (Wildman–Crippen LogP) is 5.04. The first-order chi connectivity index (χ1) is 20.0. The molecule has 0 amide bonds. The van der Waals surface area contributed by atoms with Crippen LogP contribution in [0.25, 0.3) is 0 Å². The van der Waals surface area contributed by atoms with Crippen molar-refractivity contribution in [2.45, 2.75) is 56.8 Å². The van der Waals surface area contributed by atoms with Gasteiger partial charge in [0.2, 0.25) is 0 Å². The highest BCUT2D eigenvalue weighted by Crippen LogP contribution is 2.42. The highest BCUT2D eigenvalue weighted by molar-refractivity contribution is 5.83. The zero-order chi connectivity index (χ0) is 28.6. The molecule has 8 nitrogen and oxygen atoms in total. The number of ketones is 2. The fourth-order valence-electron chi connectivity index (χ4n) is 5.54. The summed E-state index contributed by atoms with van der Waals surface area (Å²) >= 11 is 0. The lowest BCUT2D eigenvalue weighted by molar-refractivity contribution is -0.118. The number of rotatable bonds is 12. The first kappa shape index (κ1) is 28.1. The van der Waals surface area contributed by atoms with Gasteiger partial charge in [0.25, 0.3) is 0 Å². The average Bonchev–Trinajstić information content (AvgIpc) is 3.49. The summed E-state index contributed by atoms with van der Waals surface area (Å²) < 4.78 is 10.7. The quantitative estimate of drug-likeness (QED) is 0.242. The van der Waals surface area contributed by atoms with E-state index in [1.807, 2.05) is 72.8 Å². The number of ether oxygens (including phenoxy) is 2. The lowest BCUT2D eigenvalue weighted by Gasteiger charge is -2.11. The van der Waals surface area contributed by atoms with Gasteiger partial charge in [0.15, 0.2) is 0 Å². The second kappa shape index (κ2) is 13.3. The van der Waals surface area contributed by atoms with Gasteiger partial charge in [-0.05, 0) is 55.7 Å². The van der Waals surface area contributed by atoms with Crippen molar-refractivity contribution in [2.75, 3.05) is 14.2 Å². The van der Waals surface area contributed by atoms with Crippen molar-refractivity contribution in [3.8, 4) is 11.5 Å². The molecule has 0 saturated heterocycles. The number of para-hydroxylation sites is 2. The molecule has 5 rings (SSSR count). The second-order valence-corrected chi connectivity index (χ2v) is 10.5. The molecule has 2 atom stereocenters. The lowest BCUT2D eigenvalue weighted by atomic mass is 9.98. The maximum absolute atomic E-state index is 12.6. The topological polar surface area (TPSA) is 104 Å². The molecule has 2 aromatic carbocycles. The van der Waals surface area contributed by atoms with Crippen molar-refractivity contribution >= 4 is 11.6 Å². The van der Waals surface area contributed by atoms with Crippen LogP contribution in [-0.2, 0) is 35.3 Å². The maximum atomic E-state index is 12.6. The third kappa shape index (κ3) is 7.20. The number of hydrogen-bond donors (Lipinski definition) is 0. The molecule has 1 aliphatic carbocycles. The normalized spacial score (nSPS) is 16.3. The molecular weight excluding hydrogens is 516 g/mol. The van der Waals surface area contributed by atoms with Crippen LogP contribution < -0.4 is 9.47 Å². The van der Waals surface area contributed by atoms with Crippen LogP contribution in [0.4, 0.5) is 0 Å². The minimum atomic E-state index is 0.0704. The van der Waals surface area contributed by atoms with Gasteiger partial charge in [0.1, 0.15) is 23.1 Å². The average molecular weight is 551 g/mol. The van der Waals surface area contributed by atoms with E-state index in [-0.39, 0.29) is 36.2 Å². The predicted molar refractivity (Wildman–Crippen MR) is 154 cm³/mol. The van der Waals surface area contributed by atoms with E-state index in [9.17, 15) is 9.59 Å². The summed E-state index contributed by atoms with van der Waals surface area (Å²) in [5.41, 5.74) is 4.98. The molecule has 1 saturated carbocycles. The number of carbonyl (C=O) groups excluding carboxylic acids is 2. The van der Waals surface area contributed by atoms with Crippen molar-refractivity contribution in [1.82, 2.24) is 20.4 Å². The standard InChI is InChI=1S/C33H34N4O4/c1-40-32-9-5-3-7-24(32)18-28(38)20-26-13-15-30(36-34-26)22-11-12-23(17-22)31-16-14-27(35-37-31)21-29(39)19-25-8-4-6-10-33(25)41-2/h3-10,13-16,22-23H,11-12,17-21H2,1-2H3/t22-,23-/m0/s1. The zero-order valence-electron chi connectivity index (χ0n) is 23.5. The molecule has 4 aromatic rings. The highest BCUT2D eigenvalue weighted by Gasteiger charge is 2.29. The minimum Gasteiger partial charge on any atom is -0.496 e. The van der Waals surface area contributed by atoms with Crippen LogP contribution in [0.2, 0.25) is 0 Å². The highest BCUT2D eigenvalue weighted by atomic mass is 16.5. The van der Waals surface area contributed by atoms with Gasteiger partial charge in [-0.3, -0.25) is 9.59 Å². The van der Waals surface area contributed by atoms with E-state index < -0.39 is 0 Å². The van der Waals surface area contributed by atoms with Crippen LogP contribution in [0.1, 0.15) is 65.0 Å². The van der Waals surface area contributed by atoms with E-state index >= 15 is 0 Å². The number of hydrogen-bond acceptors (Lipinski definition) is 8. The molecule has 2 heterocycles. The fourth-order valence-corrected chi connectivity index (χ4v) is 5.54. The number of carbonyl (C=O) groups is 2. The molecular formula is C33H34N4O4. The number of nitrogens with zero attached hydrogens (tertiary/aromatic N) is 4. The smallest absolute Gasteiger partial charge is 0.143 e. The van der Waals surface area contributed by atoms with Gasteiger partial charge in [-0.2, -0.15) is 20.4 Å². The molecule has 8 heteroatoms. The Bertz CT molecular complexity index is 1380. The fraction of sp³-hybridized carbons (Fsp3) is 0.333. The van der Waals surface area contributed by atoms with Crippen LogP contribution in [0, 0.1) is 0 Å². The summed E-state index contributed by atoms with van der Waals surface area (Å²) in [6.07, 6.45) is 3.98. The Labute approximate surface area is 240 Å². The van der Waals surface area contributed by atoms with E-state index in [2.05, 4.69) is 20.4 Å². The largest absolute Gasteiger partial charge is 0.496 e. The molecule has 41 heavy (non-hydrogen) atoms. The summed E-state index contributed by atoms with van der Waals surface area (Å²) in [7, 11) is 3.22. The van der Waals surface area contributed by atoms with Crippen LogP contribution in [0.5, 0.6) is 11.5 Å². The summed E-state index contributed by atoms with van der Waals surface area (Å²) in [5.74, 6) is 2.15. The first-order valence-corrected chi connectivity index (χ1v) is 13.9. The van der Waals surface area contributed by atoms with Crippen molar-refractivity contribution in [3.63, 3.8) is 0 Å². The van der Waals surface area contributed by atoms with Gasteiger partial charge in [-0.25, -0.2) is 0 Å². The Morgan fingerprint density at radius 1 is 0.610 bits per heavy atom. The van der Waals surface area contributed by atoms with Gasteiger partial charge in [-0.15, -0.1) is 0 Å². The summed E-state index contributed by atoms with van der Waals surface area (Å²) in [6, 6.07) is 22.9. The van der Waals surface area contributed by atoms with E-state index in [0.717, 1.165) is 53.3 Å². The number of aromatic nitrogens is 4. The number of Topliss-reactive ketones (excluding diaryl/α,β-unsaturated/α-hetero) is 2. The third-order valence-electron chi connectivity index (χ3n) is 7.67. The van der Waals surface area contributed by atoms with E-state index in [0.29, 0.717) is 24.2 Å². The minimum absolute atomic E-state index is 0.0704. The molecule has 1 aliphatic rings. The van der Waals surface area contributed by atoms with Crippen LogP contribution in [0.15, 0.2) is 72.8 Å².